The summed E-state index contributed by atoms with van der Waals surface area (Å²) < 4.78 is 5.50. The lowest BCUT2D eigenvalue weighted by molar-refractivity contribution is -0.120. The van der Waals surface area contributed by atoms with Crippen LogP contribution in [0.2, 0.25) is 5.02 Å². The number of carbonyl (C=O) groups excluding carboxylic acids is 1. The number of hydrogen-bond acceptors (Lipinski definition) is 2. The number of amides is 1. The van der Waals surface area contributed by atoms with Crippen molar-refractivity contribution in [2.45, 2.75) is 13.3 Å². The molecule has 0 saturated heterocycles. The van der Waals surface area contributed by atoms with Crippen molar-refractivity contribution in [2.75, 3.05) is 13.2 Å². The highest BCUT2D eigenvalue weighted by atomic mass is 35.5. The Morgan fingerprint density at radius 2 is 1.95 bits per heavy atom. The Morgan fingerprint density at radius 1 is 1.19 bits per heavy atom. The first kappa shape index (κ1) is 15.4. The molecule has 3 nitrogen and oxygen atoms in total. The van der Waals surface area contributed by atoms with Gasteiger partial charge in [0.2, 0.25) is 5.91 Å². The van der Waals surface area contributed by atoms with Gasteiger partial charge in [-0.1, -0.05) is 47.5 Å². The number of hydrogen-bond donors (Lipinski definition) is 1. The summed E-state index contributed by atoms with van der Waals surface area (Å²) in [6.07, 6.45) is 0.386. The van der Waals surface area contributed by atoms with E-state index >= 15 is 0 Å². The number of carbonyl (C=O) groups is 1. The van der Waals surface area contributed by atoms with Gasteiger partial charge in [0.15, 0.2) is 0 Å². The number of nitrogens with one attached hydrogen (secondary N) is 1. The lowest BCUT2D eigenvalue weighted by Gasteiger charge is -2.08. The number of ether oxygens (including phenoxy) is 1. The van der Waals surface area contributed by atoms with Gasteiger partial charge in [0.25, 0.3) is 0 Å². The molecule has 0 saturated carbocycles. The second kappa shape index (κ2) is 7.70. The first-order chi connectivity index (χ1) is 10.1. The van der Waals surface area contributed by atoms with Gasteiger partial charge in [-0.15, -0.1) is 0 Å². The molecule has 0 atom stereocenters. The fraction of sp³-hybridized carbons (Fsp3) is 0.235. The van der Waals surface area contributed by atoms with Crippen molar-refractivity contribution < 1.29 is 9.53 Å². The summed E-state index contributed by atoms with van der Waals surface area (Å²) in [5.74, 6) is 0.698. The van der Waals surface area contributed by atoms with Crippen molar-refractivity contribution in [3.63, 3.8) is 0 Å². The van der Waals surface area contributed by atoms with Crippen molar-refractivity contribution >= 4 is 17.5 Å². The lowest BCUT2D eigenvalue weighted by Crippen LogP contribution is -2.29. The fourth-order valence-corrected chi connectivity index (χ4v) is 2.05. The summed E-state index contributed by atoms with van der Waals surface area (Å²) >= 11 is 5.86. The summed E-state index contributed by atoms with van der Waals surface area (Å²) in [6.45, 7) is 2.91. The molecule has 0 aliphatic heterocycles. The van der Waals surface area contributed by atoms with Crippen LogP contribution in [0.1, 0.15) is 11.1 Å². The molecule has 0 fully saturated rings. The maximum Gasteiger partial charge on any atom is 0.224 e. The van der Waals surface area contributed by atoms with E-state index < -0.39 is 0 Å². The monoisotopic (exact) mass is 303 g/mol. The van der Waals surface area contributed by atoms with Gasteiger partial charge >= 0.3 is 0 Å². The van der Waals surface area contributed by atoms with Gasteiger partial charge < -0.3 is 10.1 Å². The van der Waals surface area contributed by atoms with Crippen molar-refractivity contribution in [3.8, 4) is 5.75 Å². The Kier molecular flexibility index (Phi) is 5.64. The van der Waals surface area contributed by atoms with Crippen molar-refractivity contribution in [2.24, 2.45) is 0 Å². The van der Waals surface area contributed by atoms with Crippen LogP contribution in [-0.4, -0.2) is 19.1 Å². The largest absolute Gasteiger partial charge is 0.492 e. The van der Waals surface area contributed by atoms with Crippen LogP contribution in [0.3, 0.4) is 0 Å². The maximum atomic E-state index is 11.8. The average molecular weight is 304 g/mol. The third-order valence-electron chi connectivity index (χ3n) is 2.97. The van der Waals surface area contributed by atoms with Crippen LogP contribution >= 0.6 is 11.6 Å². The fourth-order valence-electron chi connectivity index (χ4n) is 1.87. The van der Waals surface area contributed by atoms with Crippen LogP contribution in [-0.2, 0) is 11.2 Å². The van der Waals surface area contributed by atoms with Gasteiger partial charge in [-0.05, 0) is 30.7 Å². The third-order valence-corrected chi connectivity index (χ3v) is 3.21. The molecule has 2 aromatic carbocycles. The van der Waals surface area contributed by atoms with E-state index in [2.05, 4.69) is 5.32 Å². The highest BCUT2D eigenvalue weighted by molar-refractivity contribution is 6.30. The minimum absolute atomic E-state index is 0.00597. The molecule has 2 rings (SSSR count). The first-order valence-corrected chi connectivity index (χ1v) is 7.22. The maximum absolute atomic E-state index is 11.8. The minimum atomic E-state index is -0.00597. The molecule has 4 heteroatoms. The Morgan fingerprint density at radius 3 is 2.67 bits per heavy atom. The molecule has 0 aliphatic carbocycles. The Balaban J connectivity index is 1.68. The highest BCUT2D eigenvalue weighted by Crippen LogP contribution is 2.16. The first-order valence-electron chi connectivity index (χ1n) is 6.84. The summed E-state index contributed by atoms with van der Waals surface area (Å²) in [5.41, 5.74) is 2.20. The van der Waals surface area contributed by atoms with Crippen molar-refractivity contribution in [3.05, 3.63) is 64.7 Å². The number of halogens is 1. The second-order valence-electron chi connectivity index (χ2n) is 4.82. The Labute approximate surface area is 129 Å². The molecule has 1 N–H and O–H groups in total. The van der Waals surface area contributed by atoms with Gasteiger partial charge in [-0.2, -0.15) is 0 Å². The molecule has 0 spiro atoms. The zero-order chi connectivity index (χ0) is 15.1. The zero-order valence-corrected chi connectivity index (χ0v) is 12.7. The smallest absolute Gasteiger partial charge is 0.224 e. The summed E-state index contributed by atoms with van der Waals surface area (Å²) in [7, 11) is 0. The molecule has 0 heterocycles. The highest BCUT2D eigenvalue weighted by Gasteiger charge is 2.03. The van der Waals surface area contributed by atoms with Gasteiger partial charge in [0, 0.05) is 5.02 Å². The Bertz CT molecular complexity index is 596. The summed E-state index contributed by atoms with van der Waals surface area (Å²) in [4.78, 5) is 11.8. The predicted octanol–water partition coefficient (Wildman–Crippen LogP) is 3.39. The van der Waals surface area contributed by atoms with Crippen molar-refractivity contribution in [1.29, 1.82) is 0 Å². The van der Waals surface area contributed by atoms with Crippen LogP contribution < -0.4 is 10.1 Å². The normalized spacial score (nSPS) is 10.2. The lowest BCUT2D eigenvalue weighted by atomic mass is 10.1. The molecule has 110 valence electrons. The van der Waals surface area contributed by atoms with Gasteiger partial charge in [0.1, 0.15) is 12.4 Å². The van der Waals surface area contributed by atoms with Crippen LogP contribution in [0.4, 0.5) is 0 Å². The minimum Gasteiger partial charge on any atom is -0.492 e. The number of benzene rings is 2. The average Bonchev–Trinajstić information content (AvgIpc) is 2.46. The summed E-state index contributed by atoms with van der Waals surface area (Å²) in [6, 6.07) is 15.1. The molecule has 0 aromatic heterocycles. The van der Waals surface area contributed by atoms with E-state index in [-0.39, 0.29) is 5.91 Å². The van der Waals surface area contributed by atoms with Crippen molar-refractivity contribution in [1.82, 2.24) is 5.32 Å². The predicted molar refractivity (Wildman–Crippen MR) is 84.8 cm³/mol. The number of rotatable bonds is 6. The van der Waals surface area contributed by atoms with E-state index in [1.54, 1.807) is 12.1 Å². The van der Waals surface area contributed by atoms with E-state index in [0.29, 0.717) is 30.3 Å². The molecule has 0 bridgehead atoms. The standard InChI is InChI=1S/C17H18ClNO2/c1-13-5-7-14(8-6-13)11-17(20)19-9-10-21-16-4-2-3-15(18)12-16/h2-8,12H,9-11H2,1H3,(H,19,20). The second-order valence-corrected chi connectivity index (χ2v) is 5.25. The topological polar surface area (TPSA) is 38.3 Å². The molecule has 21 heavy (non-hydrogen) atoms. The van der Waals surface area contributed by atoms with Gasteiger partial charge in [0.05, 0.1) is 13.0 Å². The zero-order valence-electron chi connectivity index (χ0n) is 11.9. The van der Waals surface area contributed by atoms with E-state index in [1.165, 1.54) is 5.56 Å². The van der Waals surface area contributed by atoms with Crippen LogP contribution in [0.5, 0.6) is 5.75 Å². The molecule has 2 aromatic rings. The molecular formula is C17H18ClNO2. The van der Waals surface area contributed by atoms with E-state index in [9.17, 15) is 4.79 Å². The molecule has 0 unspecified atom stereocenters. The van der Waals surface area contributed by atoms with E-state index in [0.717, 1.165) is 5.56 Å². The van der Waals surface area contributed by atoms with Crippen LogP contribution in [0.25, 0.3) is 0 Å². The quantitative estimate of drug-likeness (QED) is 0.831. The van der Waals surface area contributed by atoms with E-state index in [4.69, 9.17) is 16.3 Å². The van der Waals surface area contributed by atoms with Gasteiger partial charge in [-0.25, -0.2) is 0 Å². The number of aryl methyl sites for hydroxylation is 1. The SMILES string of the molecule is Cc1ccc(CC(=O)NCCOc2cccc(Cl)c2)cc1. The summed E-state index contributed by atoms with van der Waals surface area (Å²) in [5, 5.41) is 3.47. The molecule has 0 aliphatic rings. The molecule has 0 radical (unpaired) electrons. The Hall–Kier alpha value is -2.00. The van der Waals surface area contributed by atoms with Gasteiger partial charge in [-0.3, -0.25) is 4.79 Å². The van der Waals surface area contributed by atoms with Crippen LogP contribution in [0, 0.1) is 6.92 Å². The molecular weight excluding hydrogens is 286 g/mol. The van der Waals surface area contributed by atoms with Crippen LogP contribution in [0.15, 0.2) is 48.5 Å². The van der Waals surface area contributed by atoms with E-state index in [1.807, 2.05) is 43.3 Å². The third kappa shape index (κ3) is 5.48. The molecule has 1 amide bonds.